The minimum atomic E-state index is -4.48. The number of nitrogens with zero attached hydrogens (tertiary/aromatic N) is 3. The van der Waals surface area contributed by atoms with E-state index in [2.05, 4.69) is 5.32 Å². The molecular weight excluding hydrogens is 508 g/mol. The second-order valence-electron chi connectivity index (χ2n) is 7.61. The Morgan fingerprint density at radius 2 is 1.86 bits per heavy atom. The number of hydrogen-bond donors (Lipinski definition) is 1. The fourth-order valence-corrected chi connectivity index (χ4v) is 4.97. The maximum Gasteiger partial charge on any atom is 0.273 e. The Hall–Kier alpha value is -4.14. The van der Waals surface area contributed by atoms with Crippen molar-refractivity contribution in [3.63, 3.8) is 0 Å². The van der Waals surface area contributed by atoms with Crippen LogP contribution in [-0.4, -0.2) is 32.9 Å². The fourth-order valence-electron chi connectivity index (χ4n) is 3.36. The lowest BCUT2D eigenvalue weighted by Crippen LogP contribution is -2.38. The van der Waals surface area contributed by atoms with E-state index in [0.717, 1.165) is 15.9 Å². The second-order valence-corrected chi connectivity index (χ2v) is 9.91. The van der Waals surface area contributed by atoms with E-state index in [9.17, 15) is 23.3 Å². The van der Waals surface area contributed by atoms with Crippen molar-refractivity contribution in [3.05, 3.63) is 86.9 Å². The molecule has 3 aromatic carbocycles. The summed E-state index contributed by atoms with van der Waals surface area (Å²) < 4.78 is 33.5. The molecule has 0 aliphatic carbocycles. The van der Waals surface area contributed by atoms with Crippen LogP contribution in [0.2, 0.25) is 5.02 Å². The number of methoxy groups -OCH3 is 1. The van der Waals surface area contributed by atoms with Gasteiger partial charge in [-0.25, -0.2) is 8.42 Å². The van der Waals surface area contributed by atoms with Crippen LogP contribution in [-0.2, 0) is 21.2 Å². The molecule has 10 nitrogen and oxygen atoms in total. The molecule has 0 radical (unpaired) electrons. The summed E-state index contributed by atoms with van der Waals surface area (Å²) in [5, 5.41) is 23.0. The summed E-state index contributed by atoms with van der Waals surface area (Å²) in [7, 11) is -3.15. The zero-order valence-electron chi connectivity index (χ0n) is 19.3. The number of carbonyl (C=O) groups excluding carboxylic acids is 1. The lowest BCUT2D eigenvalue weighted by atomic mass is 10.1. The van der Waals surface area contributed by atoms with Gasteiger partial charge in [0.2, 0.25) is 5.91 Å². The SMILES string of the molecule is COc1ccc(Cl)cc1N(CC(=O)Nc1ccc(CC#N)cc1)S(=O)(=O)c1ccc(C)c([N+](=O)[O-])c1. The van der Waals surface area contributed by atoms with E-state index in [1.807, 2.05) is 6.07 Å². The van der Waals surface area contributed by atoms with Crippen LogP contribution in [0.1, 0.15) is 11.1 Å². The van der Waals surface area contributed by atoms with Crippen LogP contribution < -0.4 is 14.4 Å². The van der Waals surface area contributed by atoms with Gasteiger partial charge in [-0.05, 0) is 48.9 Å². The zero-order valence-corrected chi connectivity index (χ0v) is 20.8. The Balaban J connectivity index is 2.04. The van der Waals surface area contributed by atoms with Gasteiger partial charge in [0.15, 0.2) is 0 Å². The van der Waals surface area contributed by atoms with Gasteiger partial charge in [-0.1, -0.05) is 29.8 Å². The van der Waals surface area contributed by atoms with E-state index in [-0.39, 0.29) is 39.0 Å². The van der Waals surface area contributed by atoms with Gasteiger partial charge in [-0.3, -0.25) is 19.2 Å². The van der Waals surface area contributed by atoms with E-state index in [4.69, 9.17) is 21.6 Å². The van der Waals surface area contributed by atoms with Crippen molar-refractivity contribution in [3.8, 4) is 11.8 Å². The highest BCUT2D eigenvalue weighted by atomic mass is 35.5. The first-order valence-corrected chi connectivity index (χ1v) is 12.3. The van der Waals surface area contributed by atoms with Crippen molar-refractivity contribution in [2.24, 2.45) is 0 Å². The van der Waals surface area contributed by atoms with Crippen LogP contribution in [0.25, 0.3) is 0 Å². The van der Waals surface area contributed by atoms with Crippen LogP contribution in [0.4, 0.5) is 17.1 Å². The quantitative estimate of drug-likeness (QED) is 0.319. The van der Waals surface area contributed by atoms with Gasteiger partial charge in [0.05, 0.1) is 35.1 Å². The van der Waals surface area contributed by atoms with Gasteiger partial charge in [-0.2, -0.15) is 5.26 Å². The zero-order chi connectivity index (χ0) is 26.5. The number of sulfonamides is 1. The molecule has 0 unspecified atom stereocenters. The van der Waals surface area contributed by atoms with Crippen molar-refractivity contribution in [2.75, 3.05) is 23.3 Å². The number of nitro benzene ring substituents is 1. The third kappa shape index (κ3) is 5.91. The van der Waals surface area contributed by atoms with E-state index < -0.39 is 27.4 Å². The van der Waals surface area contributed by atoms with Crippen LogP contribution >= 0.6 is 11.6 Å². The fraction of sp³-hybridized carbons (Fsp3) is 0.167. The monoisotopic (exact) mass is 528 g/mol. The first kappa shape index (κ1) is 26.5. The molecule has 12 heteroatoms. The summed E-state index contributed by atoms with van der Waals surface area (Å²) in [4.78, 5) is 23.3. The van der Waals surface area contributed by atoms with Crippen molar-refractivity contribution in [1.29, 1.82) is 5.26 Å². The van der Waals surface area contributed by atoms with Gasteiger partial charge in [0.25, 0.3) is 15.7 Å². The normalized spacial score (nSPS) is 10.8. The molecule has 0 fully saturated rings. The van der Waals surface area contributed by atoms with E-state index in [1.54, 1.807) is 24.3 Å². The molecule has 0 spiro atoms. The van der Waals surface area contributed by atoms with Crippen LogP contribution in [0.5, 0.6) is 5.75 Å². The molecule has 3 aromatic rings. The summed E-state index contributed by atoms with van der Waals surface area (Å²) in [5.41, 5.74) is 1.03. The number of benzene rings is 3. The largest absolute Gasteiger partial charge is 0.495 e. The first-order chi connectivity index (χ1) is 17.1. The molecule has 1 amide bonds. The Bertz CT molecular complexity index is 1450. The molecule has 0 aromatic heterocycles. The molecular formula is C24H21ClN4O6S. The number of rotatable bonds is 9. The van der Waals surface area contributed by atoms with Gasteiger partial charge in [-0.15, -0.1) is 0 Å². The molecule has 3 rings (SSSR count). The number of nitro groups is 1. The molecule has 0 bridgehead atoms. The molecule has 0 aliphatic rings. The highest BCUT2D eigenvalue weighted by Gasteiger charge is 2.31. The number of anilines is 2. The summed E-state index contributed by atoms with van der Waals surface area (Å²) in [6.07, 6.45) is 0.206. The molecule has 0 saturated carbocycles. The van der Waals surface area contributed by atoms with Gasteiger partial charge < -0.3 is 10.1 Å². The van der Waals surface area contributed by atoms with Crippen LogP contribution in [0.3, 0.4) is 0 Å². The molecule has 0 aliphatic heterocycles. The molecule has 186 valence electrons. The summed E-state index contributed by atoms with van der Waals surface area (Å²) in [6.45, 7) is 0.808. The van der Waals surface area contributed by atoms with Crippen molar-refractivity contribution < 1.29 is 22.9 Å². The number of aryl methyl sites for hydroxylation is 1. The van der Waals surface area contributed by atoms with Crippen LogP contribution in [0.15, 0.2) is 65.6 Å². The van der Waals surface area contributed by atoms with Crippen molar-refractivity contribution in [2.45, 2.75) is 18.2 Å². The Morgan fingerprint density at radius 3 is 2.47 bits per heavy atom. The Kier molecular flexibility index (Phi) is 8.14. The summed E-state index contributed by atoms with van der Waals surface area (Å²) >= 11 is 6.12. The Morgan fingerprint density at radius 1 is 1.17 bits per heavy atom. The molecule has 0 saturated heterocycles. The summed E-state index contributed by atoms with van der Waals surface area (Å²) in [6, 6.07) is 16.3. The standard InChI is InChI=1S/C24H21ClN4O6S/c1-16-3-9-20(14-21(16)29(31)32)36(33,34)28(22-13-18(25)6-10-23(22)35-2)15-24(30)27-19-7-4-17(5-8-19)11-12-26/h3-10,13-14H,11,15H2,1-2H3,(H,27,30). The Labute approximate surface area is 212 Å². The average Bonchev–Trinajstić information content (AvgIpc) is 2.83. The van der Waals surface area contributed by atoms with E-state index in [1.165, 1.54) is 44.4 Å². The van der Waals surface area contributed by atoms with E-state index >= 15 is 0 Å². The van der Waals surface area contributed by atoms with Crippen molar-refractivity contribution >= 4 is 44.6 Å². The lowest BCUT2D eigenvalue weighted by Gasteiger charge is -2.26. The smallest absolute Gasteiger partial charge is 0.273 e. The number of nitrogens with one attached hydrogen (secondary N) is 1. The third-order valence-corrected chi connectivity index (χ3v) is 7.17. The maximum absolute atomic E-state index is 13.7. The second kappa shape index (κ2) is 11.1. The minimum absolute atomic E-state index is 0.0206. The predicted molar refractivity (Wildman–Crippen MR) is 135 cm³/mol. The molecule has 1 N–H and O–H groups in total. The number of amides is 1. The lowest BCUT2D eigenvalue weighted by molar-refractivity contribution is -0.385. The maximum atomic E-state index is 13.7. The first-order valence-electron chi connectivity index (χ1n) is 10.4. The topological polar surface area (TPSA) is 143 Å². The van der Waals surface area contributed by atoms with E-state index in [0.29, 0.717) is 5.69 Å². The number of halogens is 1. The third-order valence-electron chi connectivity index (χ3n) is 5.18. The molecule has 0 heterocycles. The number of ether oxygens (including phenoxy) is 1. The van der Waals surface area contributed by atoms with Gasteiger partial charge in [0, 0.05) is 22.3 Å². The number of hydrogen-bond acceptors (Lipinski definition) is 7. The van der Waals surface area contributed by atoms with Gasteiger partial charge >= 0.3 is 0 Å². The number of carbonyl (C=O) groups is 1. The highest BCUT2D eigenvalue weighted by molar-refractivity contribution is 7.92. The highest BCUT2D eigenvalue weighted by Crippen LogP contribution is 2.35. The minimum Gasteiger partial charge on any atom is -0.495 e. The van der Waals surface area contributed by atoms with Gasteiger partial charge in [0.1, 0.15) is 12.3 Å². The molecule has 0 atom stereocenters. The molecule has 36 heavy (non-hydrogen) atoms. The average molecular weight is 529 g/mol. The summed E-state index contributed by atoms with van der Waals surface area (Å²) in [5.74, 6) is -0.562. The van der Waals surface area contributed by atoms with Crippen LogP contribution in [0, 0.1) is 28.4 Å². The predicted octanol–water partition coefficient (Wildman–Crippen LogP) is 4.47. The van der Waals surface area contributed by atoms with Crippen molar-refractivity contribution in [1.82, 2.24) is 0 Å². The number of nitriles is 1.